The van der Waals surface area contributed by atoms with E-state index < -0.39 is 0 Å². The van der Waals surface area contributed by atoms with Gasteiger partial charge in [0.2, 0.25) is 0 Å². The SMILES string of the molecule is C=C(O)/C=C/c1ccc(O)c(O)c1. The van der Waals surface area contributed by atoms with Crippen molar-refractivity contribution in [3.8, 4) is 11.5 Å². The molecule has 0 aliphatic rings. The minimum atomic E-state index is -0.189. The minimum Gasteiger partial charge on any atom is -0.509 e. The summed E-state index contributed by atoms with van der Waals surface area (Å²) in [6.45, 7) is 3.27. The lowest BCUT2D eigenvalue weighted by atomic mass is 10.2. The van der Waals surface area contributed by atoms with Gasteiger partial charge in [-0.15, -0.1) is 0 Å². The van der Waals surface area contributed by atoms with Crippen LogP contribution in [0.3, 0.4) is 0 Å². The average molecular weight is 178 g/mol. The zero-order valence-electron chi connectivity index (χ0n) is 6.94. The van der Waals surface area contributed by atoms with Crippen LogP contribution in [-0.2, 0) is 0 Å². The van der Waals surface area contributed by atoms with E-state index in [0.29, 0.717) is 5.56 Å². The molecule has 0 radical (unpaired) electrons. The molecule has 0 fully saturated rings. The monoisotopic (exact) mass is 178 g/mol. The van der Waals surface area contributed by atoms with Crippen LogP contribution in [0, 0.1) is 0 Å². The molecule has 3 N–H and O–H groups in total. The molecule has 1 rings (SSSR count). The summed E-state index contributed by atoms with van der Waals surface area (Å²) in [5, 5.41) is 26.8. The van der Waals surface area contributed by atoms with Crippen molar-refractivity contribution in [2.24, 2.45) is 0 Å². The largest absolute Gasteiger partial charge is 0.509 e. The van der Waals surface area contributed by atoms with Crippen molar-refractivity contribution < 1.29 is 15.3 Å². The molecule has 13 heavy (non-hydrogen) atoms. The molecule has 3 heteroatoms. The van der Waals surface area contributed by atoms with Crippen LogP contribution in [-0.4, -0.2) is 15.3 Å². The first-order chi connectivity index (χ1) is 6.09. The number of aliphatic hydroxyl groups is 1. The maximum absolute atomic E-state index is 9.10. The molecule has 0 heterocycles. The smallest absolute Gasteiger partial charge is 0.157 e. The molecular formula is C10H10O3. The lowest BCUT2D eigenvalue weighted by molar-refractivity contribution is 0.403. The van der Waals surface area contributed by atoms with Gasteiger partial charge in [-0.25, -0.2) is 0 Å². The van der Waals surface area contributed by atoms with Crippen LogP contribution in [0.2, 0.25) is 0 Å². The molecular weight excluding hydrogens is 168 g/mol. The van der Waals surface area contributed by atoms with Crippen molar-refractivity contribution in [3.63, 3.8) is 0 Å². The average Bonchev–Trinajstić information content (AvgIpc) is 2.07. The fraction of sp³-hybridized carbons (Fsp3) is 0. The highest BCUT2D eigenvalue weighted by Gasteiger charge is 1.97. The summed E-state index contributed by atoms with van der Waals surface area (Å²) in [4.78, 5) is 0. The molecule has 0 bridgehead atoms. The van der Waals surface area contributed by atoms with Crippen molar-refractivity contribution >= 4 is 6.08 Å². The highest BCUT2D eigenvalue weighted by molar-refractivity contribution is 5.56. The van der Waals surface area contributed by atoms with Crippen molar-refractivity contribution in [1.82, 2.24) is 0 Å². The van der Waals surface area contributed by atoms with E-state index in [1.54, 1.807) is 12.1 Å². The van der Waals surface area contributed by atoms with E-state index in [9.17, 15) is 0 Å². The van der Waals surface area contributed by atoms with Gasteiger partial charge < -0.3 is 15.3 Å². The third-order valence-electron chi connectivity index (χ3n) is 1.47. The molecule has 0 atom stereocenters. The Morgan fingerprint density at radius 1 is 1.23 bits per heavy atom. The standard InChI is InChI=1S/C10H10O3/c1-7(11)2-3-8-4-5-9(12)10(13)6-8/h2-6,11-13H,1H2/b3-2+. The van der Waals surface area contributed by atoms with Crippen LogP contribution in [0.25, 0.3) is 6.08 Å². The Labute approximate surface area is 75.9 Å². The Morgan fingerprint density at radius 3 is 2.46 bits per heavy atom. The fourth-order valence-corrected chi connectivity index (χ4v) is 0.837. The Bertz CT molecular complexity index is 353. The fourth-order valence-electron chi connectivity index (χ4n) is 0.837. The number of aliphatic hydroxyl groups excluding tert-OH is 1. The number of aromatic hydroxyl groups is 2. The van der Waals surface area contributed by atoms with Crippen molar-refractivity contribution in [1.29, 1.82) is 0 Å². The number of hydrogen-bond donors (Lipinski definition) is 3. The molecule has 3 nitrogen and oxygen atoms in total. The van der Waals surface area contributed by atoms with Crippen molar-refractivity contribution in [2.45, 2.75) is 0 Å². The number of hydrogen-bond acceptors (Lipinski definition) is 3. The molecule has 0 aliphatic heterocycles. The van der Waals surface area contributed by atoms with E-state index in [0.717, 1.165) is 0 Å². The second-order valence-corrected chi connectivity index (χ2v) is 2.57. The van der Waals surface area contributed by atoms with Crippen LogP contribution in [0.5, 0.6) is 11.5 Å². The predicted molar refractivity (Wildman–Crippen MR) is 50.6 cm³/mol. The Kier molecular flexibility index (Phi) is 2.59. The Morgan fingerprint density at radius 2 is 1.92 bits per heavy atom. The number of benzene rings is 1. The first-order valence-corrected chi connectivity index (χ1v) is 3.67. The molecule has 1 aromatic carbocycles. The molecule has 0 aromatic heterocycles. The van der Waals surface area contributed by atoms with E-state index in [1.165, 1.54) is 18.2 Å². The number of phenols is 2. The summed E-state index contributed by atoms with van der Waals surface area (Å²) < 4.78 is 0. The van der Waals surface area contributed by atoms with E-state index in [2.05, 4.69) is 6.58 Å². The third-order valence-corrected chi connectivity index (χ3v) is 1.47. The first-order valence-electron chi connectivity index (χ1n) is 3.67. The summed E-state index contributed by atoms with van der Waals surface area (Å²) in [7, 11) is 0. The van der Waals surface area contributed by atoms with E-state index in [4.69, 9.17) is 15.3 Å². The summed E-state index contributed by atoms with van der Waals surface area (Å²) in [6.07, 6.45) is 2.97. The maximum atomic E-state index is 9.10. The highest BCUT2D eigenvalue weighted by atomic mass is 16.3. The van der Waals surface area contributed by atoms with Gasteiger partial charge in [0.15, 0.2) is 11.5 Å². The minimum absolute atomic E-state index is 0.0624. The first kappa shape index (κ1) is 9.19. The summed E-state index contributed by atoms with van der Waals surface area (Å²) in [5.41, 5.74) is 0.672. The predicted octanol–water partition coefficient (Wildman–Crippen LogP) is 2.18. The number of phenolic OH excluding ortho intramolecular Hbond substituents is 2. The summed E-state index contributed by atoms with van der Waals surface area (Å²) in [5.74, 6) is -0.418. The van der Waals surface area contributed by atoms with Crippen molar-refractivity contribution in [3.05, 3.63) is 42.2 Å². The highest BCUT2D eigenvalue weighted by Crippen LogP contribution is 2.25. The molecule has 0 saturated heterocycles. The normalized spacial score (nSPS) is 10.5. The lowest BCUT2D eigenvalue weighted by Gasteiger charge is -1.97. The van der Waals surface area contributed by atoms with E-state index >= 15 is 0 Å². The molecule has 1 aromatic rings. The van der Waals surface area contributed by atoms with Gasteiger partial charge in [-0.1, -0.05) is 18.7 Å². The Hall–Kier alpha value is -1.90. The van der Waals surface area contributed by atoms with Gasteiger partial charge in [-0.3, -0.25) is 0 Å². The Balaban J connectivity index is 2.92. The zero-order chi connectivity index (χ0) is 9.84. The van der Waals surface area contributed by atoms with Gasteiger partial charge in [0, 0.05) is 0 Å². The molecule has 0 spiro atoms. The van der Waals surface area contributed by atoms with Crippen molar-refractivity contribution in [2.75, 3.05) is 0 Å². The van der Waals surface area contributed by atoms with Gasteiger partial charge in [-0.05, 0) is 23.8 Å². The summed E-state index contributed by atoms with van der Waals surface area (Å²) in [6, 6.07) is 4.36. The molecule has 0 saturated carbocycles. The lowest BCUT2D eigenvalue weighted by Crippen LogP contribution is -1.74. The summed E-state index contributed by atoms with van der Waals surface area (Å²) >= 11 is 0. The van der Waals surface area contributed by atoms with Gasteiger partial charge in [0.1, 0.15) is 5.76 Å². The van der Waals surface area contributed by atoms with Crippen LogP contribution >= 0.6 is 0 Å². The van der Waals surface area contributed by atoms with Crippen LogP contribution in [0.15, 0.2) is 36.6 Å². The molecule has 0 unspecified atom stereocenters. The van der Waals surface area contributed by atoms with Gasteiger partial charge in [0.25, 0.3) is 0 Å². The quantitative estimate of drug-likeness (QED) is 0.369. The molecule has 68 valence electrons. The second-order valence-electron chi connectivity index (χ2n) is 2.57. The maximum Gasteiger partial charge on any atom is 0.157 e. The second kappa shape index (κ2) is 3.67. The van der Waals surface area contributed by atoms with Crippen LogP contribution in [0.4, 0.5) is 0 Å². The third kappa shape index (κ3) is 2.56. The number of rotatable bonds is 2. The topological polar surface area (TPSA) is 60.7 Å². The molecule has 0 amide bonds. The van der Waals surface area contributed by atoms with E-state index in [1.807, 2.05) is 0 Å². The number of allylic oxidation sites excluding steroid dienone is 1. The van der Waals surface area contributed by atoms with Gasteiger partial charge >= 0.3 is 0 Å². The van der Waals surface area contributed by atoms with Gasteiger partial charge in [0.05, 0.1) is 0 Å². The van der Waals surface area contributed by atoms with Gasteiger partial charge in [-0.2, -0.15) is 0 Å². The van der Waals surface area contributed by atoms with Crippen LogP contribution < -0.4 is 0 Å². The zero-order valence-corrected chi connectivity index (χ0v) is 6.94. The van der Waals surface area contributed by atoms with E-state index in [-0.39, 0.29) is 17.3 Å². The van der Waals surface area contributed by atoms with Crippen LogP contribution in [0.1, 0.15) is 5.56 Å². The molecule has 0 aliphatic carbocycles.